The van der Waals surface area contributed by atoms with Gasteiger partial charge in [0.1, 0.15) is 5.75 Å². The second kappa shape index (κ2) is 9.69. The third-order valence-corrected chi connectivity index (χ3v) is 6.85. The van der Waals surface area contributed by atoms with Crippen LogP contribution in [0.3, 0.4) is 0 Å². The van der Waals surface area contributed by atoms with Crippen LogP contribution in [-0.4, -0.2) is 35.2 Å². The SMILES string of the molecule is C=CCN1C(=O)[C@@](O)([C@@H](C)/C=C/CCO)c2cc(N3C(=O)c4ccccc4Oc4ccccc43)ccc21. The Morgan fingerprint density at radius 2 is 1.76 bits per heavy atom. The molecule has 2 amide bonds. The first-order chi connectivity index (χ1) is 17.9. The molecule has 3 aromatic carbocycles. The highest BCUT2D eigenvalue weighted by molar-refractivity contribution is 6.15. The quantitative estimate of drug-likeness (QED) is 0.446. The normalized spacial score (nSPS) is 19.2. The molecule has 188 valence electrons. The Morgan fingerprint density at radius 1 is 1.03 bits per heavy atom. The van der Waals surface area contributed by atoms with Gasteiger partial charge in [-0.05, 0) is 48.9 Å². The molecule has 0 radical (unpaired) electrons. The molecule has 2 aliphatic heterocycles. The Morgan fingerprint density at radius 3 is 2.51 bits per heavy atom. The predicted molar refractivity (Wildman–Crippen MR) is 142 cm³/mol. The van der Waals surface area contributed by atoms with Crippen molar-refractivity contribution in [2.45, 2.75) is 18.9 Å². The molecule has 0 aliphatic carbocycles. The molecule has 0 spiro atoms. The number of fused-ring (bicyclic) bond motifs is 3. The average molecular weight is 497 g/mol. The van der Waals surface area contributed by atoms with Crippen LogP contribution < -0.4 is 14.5 Å². The lowest BCUT2D eigenvalue weighted by Gasteiger charge is -2.28. The zero-order valence-electron chi connectivity index (χ0n) is 20.5. The number of aliphatic hydroxyl groups is 2. The average Bonchev–Trinajstić information content (AvgIpc) is 3.04. The summed E-state index contributed by atoms with van der Waals surface area (Å²) in [6.07, 6.45) is 5.50. The Balaban J connectivity index is 1.68. The highest BCUT2D eigenvalue weighted by Crippen LogP contribution is 2.49. The maximum atomic E-state index is 13.9. The van der Waals surface area contributed by atoms with Crippen molar-refractivity contribution in [3.05, 3.63) is 103 Å². The molecule has 5 rings (SSSR count). The van der Waals surface area contributed by atoms with E-state index in [4.69, 9.17) is 9.84 Å². The fraction of sp³-hybridized carbons (Fsp3) is 0.200. The van der Waals surface area contributed by atoms with Crippen molar-refractivity contribution in [1.82, 2.24) is 0 Å². The van der Waals surface area contributed by atoms with Crippen molar-refractivity contribution >= 4 is 28.9 Å². The summed E-state index contributed by atoms with van der Waals surface area (Å²) < 4.78 is 6.10. The van der Waals surface area contributed by atoms with E-state index >= 15 is 0 Å². The van der Waals surface area contributed by atoms with Gasteiger partial charge in [0, 0.05) is 30.3 Å². The number of anilines is 3. The van der Waals surface area contributed by atoms with Gasteiger partial charge in [0.2, 0.25) is 0 Å². The number of aliphatic hydroxyl groups excluding tert-OH is 1. The lowest BCUT2D eigenvalue weighted by molar-refractivity contribution is -0.139. The van der Waals surface area contributed by atoms with Gasteiger partial charge in [-0.15, -0.1) is 6.58 Å². The Bertz CT molecular complexity index is 1410. The molecule has 2 heterocycles. The lowest BCUT2D eigenvalue weighted by Crippen LogP contribution is -2.44. The summed E-state index contributed by atoms with van der Waals surface area (Å²) in [5.74, 6) is -0.368. The van der Waals surface area contributed by atoms with Crippen LogP contribution in [0.15, 0.2) is 91.5 Å². The highest BCUT2D eigenvalue weighted by Gasteiger charge is 2.52. The van der Waals surface area contributed by atoms with Crippen molar-refractivity contribution in [3.63, 3.8) is 0 Å². The zero-order valence-corrected chi connectivity index (χ0v) is 20.5. The lowest BCUT2D eigenvalue weighted by atomic mass is 9.82. The van der Waals surface area contributed by atoms with Crippen LogP contribution in [0.5, 0.6) is 11.5 Å². The summed E-state index contributed by atoms with van der Waals surface area (Å²) in [6.45, 7) is 5.72. The summed E-state index contributed by atoms with van der Waals surface area (Å²) in [6, 6.07) is 19.5. The number of para-hydroxylation sites is 3. The fourth-order valence-electron chi connectivity index (χ4n) is 4.96. The molecular weight excluding hydrogens is 468 g/mol. The minimum absolute atomic E-state index is 0.0288. The predicted octanol–water partition coefficient (Wildman–Crippen LogP) is 5.07. The van der Waals surface area contributed by atoms with Crippen LogP contribution in [0.4, 0.5) is 17.1 Å². The topological polar surface area (TPSA) is 90.3 Å². The Hall–Kier alpha value is -4.20. The van der Waals surface area contributed by atoms with E-state index in [1.165, 1.54) is 4.90 Å². The van der Waals surface area contributed by atoms with Gasteiger partial charge in [0.15, 0.2) is 11.4 Å². The van der Waals surface area contributed by atoms with Crippen LogP contribution in [0.25, 0.3) is 0 Å². The molecule has 37 heavy (non-hydrogen) atoms. The summed E-state index contributed by atoms with van der Waals surface area (Å²) in [5.41, 5.74) is 0.556. The first-order valence-corrected chi connectivity index (χ1v) is 12.2. The third kappa shape index (κ3) is 3.93. The van der Waals surface area contributed by atoms with Gasteiger partial charge in [-0.2, -0.15) is 0 Å². The smallest absolute Gasteiger partial charge is 0.266 e. The van der Waals surface area contributed by atoms with Gasteiger partial charge in [-0.3, -0.25) is 14.5 Å². The first kappa shape index (κ1) is 24.5. The van der Waals surface area contributed by atoms with Crippen molar-refractivity contribution in [2.75, 3.05) is 23.0 Å². The van der Waals surface area contributed by atoms with E-state index in [1.807, 2.05) is 18.2 Å². The van der Waals surface area contributed by atoms with Crippen LogP contribution in [-0.2, 0) is 10.4 Å². The van der Waals surface area contributed by atoms with E-state index in [2.05, 4.69) is 6.58 Å². The molecule has 7 heteroatoms. The minimum Gasteiger partial charge on any atom is -0.454 e. The maximum Gasteiger partial charge on any atom is 0.266 e. The second-order valence-corrected chi connectivity index (χ2v) is 9.11. The molecule has 0 bridgehead atoms. The largest absolute Gasteiger partial charge is 0.454 e. The summed E-state index contributed by atoms with van der Waals surface area (Å²) in [7, 11) is 0. The van der Waals surface area contributed by atoms with E-state index in [1.54, 1.807) is 78.6 Å². The van der Waals surface area contributed by atoms with E-state index in [0.29, 0.717) is 46.1 Å². The molecule has 0 unspecified atom stereocenters. The number of nitrogens with zero attached hydrogens (tertiary/aromatic N) is 2. The molecule has 0 aromatic heterocycles. The second-order valence-electron chi connectivity index (χ2n) is 9.11. The molecular formula is C30H28N2O5. The van der Waals surface area contributed by atoms with Gasteiger partial charge in [-0.1, -0.05) is 49.4 Å². The van der Waals surface area contributed by atoms with Gasteiger partial charge in [0.25, 0.3) is 11.8 Å². The fourth-order valence-corrected chi connectivity index (χ4v) is 4.96. The molecule has 2 N–H and O–H groups in total. The monoisotopic (exact) mass is 496 g/mol. The third-order valence-electron chi connectivity index (χ3n) is 6.85. The summed E-state index contributed by atoms with van der Waals surface area (Å²) >= 11 is 0. The van der Waals surface area contributed by atoms with Crippen LogP contribution >= 0.6 is 0 Å². The van der Waals surface area contributed by atoms with Crippen LogP contribution in [0.2, 0.25) is 0 Å². The van der Waals surface area contributed by atoms with Gasteiger partial charge >= 0.3 is 0 Å². The zero-order chi connectivity index (χ0) is 26.2. The van der Waals surface area contributed by atoms with E-state index in [-0.39, 0.29) is 19.1 Å². The van der Waals surface area contributed by atoms with E-state index < -0.39 is 17.4 Å². The summed E-state index contributed by atoms with van der Waals surface area (Å²) in [4.78, 5) is 30.5. The van der Waals surface area contributed by atoms with Gasteiger partial charge < -0.3 is 19.8 Å². The maximum absolute atomic E-state index is 13.9. The number of hydrogen-bond donors (Lipinski definition) is 2. The number of rotatable bonds is 7. The minimum atomic E-state index is -1.86. The molecule has 3 aromatic rings. The number of carbonyl (C=O) groups is 2. The van der Waals surface area contributed by atoms with Gasteiger partial charge in [-0.25, -0.2) is 0 Å². The number of amides is 2. The number of hydrogen-bond acceptors (Lipinski definition) is 5. The van der Waals surface area contributed by atoms with Crippen molar-refractivity contribution in [1.29, 1.82) is 0 Å². The molecule has 0 saturated carbocycles. The standard InChI is InChI=1S/C30H28N2O5/c1-3-17-31-24-16-15-21(19-23(24)30(36,29(31)35)20(2)10-8-9-18-33)32-25-12-5-7-14-27(25)37-26-13-6-4-11-22(26)28(32)34/h3-8,10-16,19-20,33,36H,1,9,17-18H2,2H3/b10-8+/t20-,30+/m0/s1. The molecule has 2 aliphatic rings. The van der Waals surface area contributed by atoms with E-state index in [0.717, 1.165) is 0 Å². The van der Waals surface area contributed by atoms with Crippen molar-refractivity contribution in [3.8, 4) is 11.5 Å². The van der Waals surface area contributed by atoms with E-state index in [9.17, 15) is 14.7 Å². The molecule has 0 fully saturated rings. The molecule has 7 nitrogen and oxygen atoms in total. The summed E-state index contributed by atoms with van der Waals surface area (Å²) in [5, 5.41) is 21.1. The number of carbonyl (C=O) groups excluding carboxylic acids is 2. The first-order valence-electron chi connectivity index (χ1n) is 12.2. The van der Waals surface area contributed by atoms with Crippen LogP contribution in [0, 0.1) is 5.92 Å². The number of ether oxygens (including phenoxy) is 1. The van der Waals surface area contributed by atoms with Gasteiger partial charge in [0.05, 0.1) is 16.9 Å². The Kier molecular flexibility index (Phi) is 6.41. The number of benzene rings is 3. The van der Waals surface area contributed by atoms with Crippen molar-refractivity contribution < 1.29 is 24.5 Å². The Labute approximate surface area is 215 Å². The highest BCUT2D eigenvalue weighted by atomic mass is 16.5. The molecule has 0 saturated heterocycles. The van der Waals surface area contributed by atoms with Crippen molar-refractivity contribution in [2.24, 2.45) is 5.92 Å². The molecule has 2 atom stereocenters. The van der Waals surface area contributed by atoms with Crippen LogP contribution in [0.1, 0.15) is 29.3 Å².